The third kappa shape index (κ3) is 3.36. The third-order valence-corrected chi connectivity index (χ3v) is 3.67. The van der Waals surface area contributed by atoms with E-state index in [1.54, 1.807) is 0 Å². The van der Waals surface area contributed by atoms with E-state index in [1.165, 1.54) is 0 Å². The Morgan fingerprint density at radius 2 is 1.95 bits per heavy atom. The molecule has 1 atom stereocenters. The lowest BCUT2D eigenvalue weighted by molar-refractivity contribution is 0.175. The minimum Gasteiger partial charge on any atom is -0.481 e. The molecule has 0 amide bonds. The molecule has 0 saturated heterocycles. The molecular formula is C17H15BrN2O2. The highest BCUT2D eigenvalue weighted by atomic mass is 79.9. The molecule has 2 aromatic carbocycles. The minimum atomic E-state index is -0.310. The molecule has 3 rings (SSSR count). The van der Waals surface area contributed by atoms with E-state index >= 15 is 0 Å². The summed E-state index contributed by atoms with van der Waals surface area (Å²) >= 11 is 3.44. The second-order valence-electron chi connectivity index (χ2n) is 5.04. The van der Waals surface area contributed by atoms with Crippen LogP contribution in [0.4, 0.5) is 0 Å². The van der Waals surface area contributed by atoms with Gasteiger partial charge < -0.3 is 9.26 Å². The lowest BCUT2D eigenvalue weighted by Crippen LogP contribution is -2.03. The summed E-state index contributed by atoms with van der Waals surface area (Å²) in [6.07, 6.45) is -0.310. The summed E-state index contributed by atoms with van der Waals surface area (Å²) in [5.41, 5.74) is 2.04. The number of ether oxygens (including phenoxy) is 1. The molecule has 0 spiro atoms. The number of aromatic nitrogens is 2. The van der Waals surface area contributed by atoms with Crippen LogP contribution in [0.15, 0.2) is 57.5 Å². The Bertz CT molecular complexity index is 786. The Kier molecular flexibility index (Phi) is 4.24. The van der Waals surface area contributed by atoms with Gasteiger partial charge in [-0.25, -0.2) is 0 Å². The maximum atomic E-state index is 5.85. The number of rotatable bonds is 4. The first-order valence-corrected chi connectivity index (χ1v) is 7.74. The van der Waals surface area contributed by atoms with Gasteiger partial charge in [0.2, 0.25) is 5.82 Å². The quantitative estimate of drug-likeness (QED) is 0.662. The molecule has 0 fully saturated rings. The molecule has 1 aromatic heterocycles. The van der Waals surface area contributed by atoms with E-state index in [2.05, 4.69) is 26.1 Å². The predicted octanol–water partition coefficient (Wildman–Crippen LogP) is 4.95. The lowest BCUT2D eigenvalue weighted by Gasteiger charge is -2.10. The molecule has 0 aliphatic heterocycles. The molecule has 0 radical (unpaired) electrons. The van der Waals surface area contributed by atoms with Crippen molar-refractivity contribution in [1.29, 1.82) is 0 Å². The maximum absolute atomic E-state index is 5.85. The molecule has 1 unspecified atom stereocenters. The second kappa shape index (κ2) is 6.32. The van der Waals surface area contributed by atoms with Crippen molar-refractivity contribution in [2.45, 2.75) is 20.0 Å². The number of nitrogens with zero attached hydrogens (tertiary/aromatic N) is 2. The topological polar surface area (TPSA) is 48.2 Å². The first-order chi connectivity index (χ1) is 10.6. The second-order valence-corrected chi connectivity index (χ2v) is 5.96. The van der Waals surface area contributed by atoms with E-state index < -0.39 is 0 Å². The number of halogens is 1. The van der Waals surface area contributed by atoms with Crippen molar-refractivity contribution in [1.82, 2.24) is 10.1 Å². The fourth-order valence-electron chi connectivity index (χ4n) is 2.09. The molecule has 0 aliphatic carbocycles. The molecule has 4 nitrogen and oxygen atoms in total. The first-order valence-electron chi connectivity index (χ1n) is 6.95. The highest BCUT2D eigenvalue weighted by molar-refractivity contribution is 9.10. The van der Waals surface area contributed by atoms with E-state index in [0.29, 0.717) is 11.7 Å². The molecule has 0 N–H and O–H groups in total. The zero-order chi connectivity index (χ0) is 15.5. The van der Waals surface area contributed by atoms with Gasteiger partial charge in [0.25, 0.3) is 5.89 Å². The van der Waals surface area contributed by atoms with Crippen LogP contribution in [-0.2, 0) is 0 Å². The Morgan fingerprint density at radius 3 is 2.73 bits per heavy atom. The summed E-state index contributed by atoms with van der Waals surface area (Å²) in [5, 5.41) is 4.02. The summed E-state index contributed by atoms with van der Waals surface area (Å²) < 4.78 is 12.1. The smallest absolute Gasteiger partial charge is 0.267 e. The predicted molar refractivity (Wildman–Crippen MR) is 87.7 cm³/mol. The Balaban J connectivity index is 1.78. The third-order valence-electron chi connectivity index (χ3n) is 3.17. The molecule has 3 aromatic rings. The molecular weight excluding hydrogens is 344 g/mol. The van der Waals surface area contributed by atoms with Gasteiger partial charge in [-0.3, -0.25) is 0 Å². The van der Waals surface area contributed by atoms with Crippen LogP contribution in [0.3, 0.4) is 0 Å². The average Bonchev–Trinajstić information content (AvgIpc) is 2.97. The fraction of sp³-hybridized carbons (Fsp3) is 0.176. The van der Waals surface area contributed by atoms with Gasteiger partial charge in [-0.15, -0.1) is 0 Å². The van der Waals surface area contributed by atoms with Crippen LogP contribution in [0.2, 0.25) is 0 Å². The lowest BCUT2D eigenvalue weighted by atomic mass is 10.2. The van der Waals surface area contributed by atoms with Gasteiger partial charge in [0.05, 0.1) is 0 Å². The molecule has 112 valence electrons. The van der Waals surface area contributed by atoms with E-state index in [4.69, 9.17) is 9.26 Å². The van der Waals surface area contributed by atoms with Crippen molar-refractivity contribution in [3.05, 3.63) is 64.5 Å². The van der Waals surface area contributed by atoms with E-state index in [-0.39, 0.29) is 6.10 Å². The summed E-state index contributed by atoms with van der Waals surface area (Å²) in [6.45, 7) is 3.91. The number of aryl methyl sites for hydroxylation is 1. The zero-order valence-corrected chi connectivity index (χ0v) is 13.9. The normalized spacial score (nSPS) is 12.1. The van der Waals surface area contributed by atoms with Gasteiger partial charge >= 0.3 is 0 Å². The Hall–Kier alpha value is -2.14. The van der Waals surface area contributed by atoms with Gasteiger partial charge in [0, 0.05) is 10.0 Å². The van der Waals surface area contributed by atoms with E-state index in [1.807, 2.05) is 62.4 Å². The monoisotopic (exact) mass is 358 g/mol. The summed E-state index contributed by atoms with van der Waals surface area (Å²) in [5.74, 6) is 1.79. The summed E-state index contributed by atoms with van der Waals surface area (Å²) in [4.78, 5) is 4.42. The van der Waals surface area contributed by atoms with Crippen LogP contribution >= 0.6 is 15.9 Å². The van der Waals surface area contributed by atoms with Crippen molar-refractivity contribution >= 4 is 15.9 Å². The van der Waals surface area contributed by atoms with Crippen molar-refractivity contribution < 1.29 is 9.26 Å². The molecule has 1 heterocycles. The van der Waals surface area contributed by atoms with Gasteiger partial charge in [-0.05, 0) is 43.7 Å². The van der Waals surface area contributed by atoms with Gasteiger partial charge in [-0.2, -0.15) is 4.98 Å². The Morgan fingerprint density at radius 1 is 1.14 bits per heavy atom. The van der Waals surface area contributed by atoms with Crippen LogP contribution in [0, 0.1) is 6.92 Å². The highest BCUT2D eigenvalue weighted by Gasteiger charge is 2.17. The first kappa shape index (κ1) is 14.8. The number of hydrogen-bond acceptors (Lipinski definition) is 4. The van der Waals surface area contributed by atoms with Gasteiger partial charge in [0.1, 0.15) is 5.75 Å². The van der Waals surface area contributed by atoms with Gasteiger partial charge in [-0.1, -0.05) is 45.4 Å². The Labute approximate surface area is 137 Å². The van der Waals surface area contributed by atoms with E-state index in [0.717, 1.165) is 21.3 Å². The van der Waals surface area contributed by atoms with Crippen molar-refractivity contribution in [3.63, 3.8) is 0 Å². The molecule has 22 heavy (non-hydrogen) atoms. The molecule has 0 aliphatic rings. The van der Waals surface area contributed by atoms with Crippen molar-refractivity contribution in [3.8, 4) is 17.1 Å². The van der Waals surface area contributed by atoms with Crippen LogP contribution in [-0.4, -0.2) is 10.1 Å². The minimum absolute atomic E-state index is 0.310. The number of benzene rings is 2. The standard InChI is InChI=1S/C17H15BrN2O2/c1-11-5-3-8-15(9-11)21-12(2)17-19-16(20-22-17)13-6-4-7-14(18)10-13/h3-10,12H,1-2H3. The fourth-order valence-corrected chi connectivity index (χ4v) is 2.49. The number of hydrogen-bond donors (Lipinski definition) is 0. The molecule has 0 bridgehead atoms. The summed E-state index contributed by atoms with van der Waals surface area (Å²) in [7, 11) is 0. The molecule has 5 heteroatoms. The van der Waals surface area contributed by atoms with Crippen LogP contribution in [0.1, 0.15) is 24.5 Å². The largest absolute Gasteiger partial charge is 0.481 e. The van der Waals surface area contributed by atoms with Crippen LogP contribution in [0.5, 0.6) is 5.75 Å². The zero-order valence-electron chi connectivity index (χ0n) is 12.3. The van der Waals surface area contributed by atoms with Crippen molar-refractivity contribution in [2.75, 3.05) is 0 Å². The highest BCUT2D eigenvalue weighted by Crippen LogP contribution is 2.25. The van der Waals surface area contributed by atoms with Crippen LogP contribution in [0.25, 0.3) is 11.4 Å². The average molecular weight is 359 g/mol. The van der Waals surface area contributed by atoms with Crippen molar-refractivity contribution in [2.24, 2.45) is 0 Å². The van der Waals surface area contributed by atoms with Crippen LogP contribution < -0.4 is 4.74 Å². The SMILES string of the molecule is Cc1cccc(OC(C)c2nc(-c3cccc(Br)c3)no2)c1. The van der Waals surface area contributed by atoms with E-state index in [9.17, 15) is 0 Å². The summed E-state index contributed by atoms with van der Waals surface area (Å²) in [6, 6.07) is 15.6. The maximum Gasteiger partial charge on any atom is 0.267 e. The molecule has 0 saturated carbocycles. The van der Waals surface area contributed by atoms with Gasteiger partial charge in [0.15, 0.2) is 6.10 Å².